The van der Waals surface area contributed by atoms with Crippen molar-refractivity contribution in [3.8, 4) is 0 Å². The van der Waals surface area contributed by atoms with E-state index < -0.39 is 11.5 Å². The van der Waals surface area contributed by atoms with E-state index in [9.17, 15) is 9.59 Å². The Kier molecular flexibility index (Phi) is 3.56. The molecule has 148 valence electrons. The maximum Gasteiger partial charge on any atom is 0.272 e. The monoisotopic (exact) mass is 389 g/mol. The van der Waals surface area contributed by atoms with Gasteiger partial charge in [0, 0.05) is 11.1 Å². The SMILES string of the molecule is C=CC(C)(C)C12CC3C(=O)N/C(=C\c4cnc[nH]4)C(=O)N3C1Nc1ccccc12. The molecule has 4 heterocycles. The molecule has 3 N–H and O–H groups in total. The van der Waals surface area contributed by atoms with Crippen molar-refractivity contribution in [2.45, 2.75) is 37.9 Å². The molecule has 0 aliphatic carbocycles. The quantitative estimate of drug-likeness (QED) is 0.555. The Morgan fingerprint density at radius 1 is 1.31 bits per heavy atom. The smallest absolute Gasteiger partial charge is 0.272 e. The van der Waals surface area contributed by atoms with E-state index in [1.54, 1.807) is 17.2 Å². The number of H-pyrrole nitrogens is 1. The minimum Gasteiger partial charge on any atom is -0.364 e. The van der Waals surface area contributed by atoms with E-state index in [-0.39, 0.29) is 29.1 Å². The van der Waals surface area contributed by atoms with E-state index >= 15 is 0 Å². The van der Waals surface area contributed by atoms with Crippen LogP contribution in [0.3, 0.4) is 0 Å². The highest BCUT2D eigenvalue weighted by atomic mass is 16.2. The first-order valence-electron chi connectivity index (χ1n) is 9.72. The van der Waals surface area contributed by atoms with E-state index in [2.05, 4.69) is 47.1 Å². The van der Waals surface area contributed by atoms with Crippen LogP contribution in [0.4, 0.5) is 5.69 Å². The lowest BCUT2D eigenvalue weighted by atomic mass is 9.60. The third-order valence-electron chi connectivity index (χ3n) is 6.80. The second-order valence-electron chi connectivity index (χ2n) is 8.48. The fourth-order valence-electron chi connectivity index (χ4n) is 5.16. The number of fused-ring (bicyclic) bond motifs is 5. The molecule has 3 atom stereocenters. The first-order chi connectivity index (χ1) is 13.9. The molecule has 2 aromatic rings. The molecule has 0 spiro atoms. The molecule has 0 saturated carbocycles. The van der Waals surface area contributed by atoms with Crippen LogP contribution in [-0.4, -0.2) is 38.9 Å². The lowest BCUT2D eigenvalue weighted by Gasteiger charge is -2.43. The Bertz CT molecular complexity index is 1050. The van der Waals surface area contributed by atoms with Gasteiger partial charge in [-0.05, 0) is 29.5 Å². The number of amides is 2. The third kappa shape index (κ3) is 2.21. The van der Waals surface area contributed by atoms with Crippen molar-refractivity contribution in [2.24, 2.45) is 5.41 Å². The summed E-state index contributed by atoms with van der Waals surface area (Å²) in [5.74, 6) is -0.362. The number of nitrogens with one attached hydrogen (secondary N) is 3. The first-order valence-corrected chi connectivity index (χ1v) is 9.72. The lowest BCUT2D eigenvalue weighted by molar-refractivity contribution is -0.141. The van der Waals surface area contributed by atoms with E-state index in [1.165, 1.54) is 6.33 Å². The number of aromatic nitrogens is 2. The molecule has 1 aromatic heterocycles. The zero-order chi connectivity index (χ0) is 20.4. The Balaban J connectivity index is 1.65. The molecule has 3 aliphatic heterocycles. The number of carbonyl (C=O) groups excluding carboxylic acids is 2. The van der Waals surface area contributed by atoms with Gasteiger partial charge >= 0.3 is 0 Å². The number of imidazole rings is 1. The number of piperazine rings is 1. The van der Waals surface area contributed by atoms with E-state index in [0.717, 1.165) is 11.3 Å². The van der Waals surface area contributed by atoms with Crippen molar-refractivity contribution in [1.29, 1.82) is 0 Å². The summed E-state index contributed by atoms with van der Waals surface area (Å²) in [7, 11) is 0. The number of hydrogen-bond donors (Lipinski definition) is 3. The number of hydrogen-bond acceptors (Lipinski definition) is 4. The third-order valence-corrected chi connectivity index (χ3v) is 6.80. The molecule has 3 unspecified atom stereocenters. The highest BCUT2D eigenvalue weighted by Gasteiger charge is 2.66. The summed E-state index contributed by atoms with van der Waals surface area (Å²) in [6, 6.07) is 7.57. The molecular weight excluding hydrogens is 366 g/mol. The van der Waals surface area contributed by atoms with Crippen LogP contribution < -0.4 is 10.6 Å². The van der Waals surface area contributed by atoms with Crippen LogP contribution in [0.5, 0.6) is 0 Å². The van der Waals surface area contributed by atoms with Gasteiger partial charge in [-0.15, -0.1) is 6.58 Å². The van der Waals surface area contributed by atoms with Gasteiger partial charge < -0.3 is 20.5 Å². The number of rotatable bonds is 3. The number of carbonyl (C=O) groups is 2. The molecule has 2 fully saturated rings. The second kappa shape index (κ2) is 5.83. The molecule has 2 saturated heterocycles. The van der Waals surface area contributed by atoms with Crippen molar-refractivity contribution in [3.05, 3.63) is 66.4 Å². The van der Waals surface area contributed by atoms with Crippen LogP contribution in [0.1, 0.15) is 31.5 Å². The van der Waals surface area contributed by atoms with Crippen molar-refractivity contribution in [3.63, 3.8) is 0 Å². The molecule has 7 nitrogen and oxygen atoms in total. The fraction of sp³-hybridized carbons (Fsp3) is 0.318. The Hall–Kier alpha value is -3.35. The maximum absolute atomic E-state index is 13.5. The van der Waals surface area contributed by atoms with Gasteiger partial charge in [0.2, 0.25) is 5.91 Å². The number of anilines is 1. The minimum absolute atomic E-state index is 0.164. The van der Waals surface area contributed by atoms with Crippen molar-refractivity contribution >= 4 is 23.6 Å². The summed E-state index contributed by atoms with van der Waals surface area (Å²) in [6.07, 6.45) is 6.91. The number of para-hydroxylation sites is 1. The highest BCUT2D eigenvalue weighted by Crippen LogP contribution is 2.60. The summed E-state index contributed by atoms with van der Waals surface area (Å²) in [5.41, 5.74) is 2.24. The number of aromatic amines is 1. The van der Waals surface area contributed by atoms with Crippen LogP contribution in [-0.2, 0) is 15.0 Å². The van der Waals surface area contributed by atoms with E-state index in [4.69, 9.17) is 0 Å². The average Bonchev–Trinajstić information content (AvgIpc) is 3.40. The summed E-state index contributed by atoms with van der Waals surface area (Å²) in [6.45, 7) is 8.32. The zero-order valence-corrected chi connectivity index (χ0v) is 16.4. The average molecular weight is 389 g/mol. The first kappa shape index (κ1) is 17.7. The second-order valence-corrected chi connectivity index (χ2v) is 8.48. The zero-order valence-electron chi connectivity index (χ0n) is 16.4. The Morgan fingerprint density at radius 2 is 2.10 bits per heavy atom. The van der Waals surface area contributed by atoms with Gasteiger partial charge in [0.1, 0.15) is 17.9 Å². The van der Waals surface area contributed by atoms with Gasteiger partial charge in [-0.1, -0.05) is 38.1 Å². The van der Waals surface area contributed by atoms with Crippen LogP contribution in [0.15, 0.2) is 55.1 Å². The van der Waals surface area contributed by atoms with Crippen molar-refractivity contribution in [2.75, 3.05) is 5.32 Å². The van der Waals surface area contributed by atoms with Gasteiger partial charge in [-0.3, -0.25) is 9.59 Å². The summed E-state index contributed by atoms with van der Waals surface area (Å²) >= 11 is 0. The van der Waals surface area contributed by atoms with E-state index in [1.807, 2.05) is 24.3 Å². The Morgan fingerprint density at radius 3 is 2.83 bits per heavy atom. The maximum atomic E-state index is 13.5. The standard InChI is InChI=1S/C22H23N5O2/c1-4-21(2,3)22-10-17-18(28)25-16(9-13-11-23-12-24-13)19(29)27(17)20(22)26-15-8-6-5-7-14(15)22/h4-9,11-12,17,20,26H,1,10H2,2-3H3,(H,23,24)(H,25,28)/b16-9-. The fourth-order valence-corrected chi connectivity index (χ4v) is 5.16. The number of benzene rings is 1. The highest BCUT2D eigenvalue weighted by molar-refractivity contribution is 6.08. The predicted molar refractivity (Wildman–Crippen MR) is 109 cm³/mol. The summed E-state index contributed by atoms with van der Waals surface area (Å²) in [5, 5.41) is 6.34. The molecule has 5 rings (SSSR count). The van der Waals surface area contributed by atoms with Crippen LogP contribution in [0, 0.1) is 5.41 Å². The molecule has 1 aromatic carbocycles. The molecule has 7 heteroatoms. The topological polar surface area (TPSA) is 90.1 Å². The molecule has 29 heavy (non-hydrogen) atoms. The predicted octanol–water partition coefficient (Wildman–Crippen LogP) is 2.38. The number of allylic oxidation sites excluding steroid dienone is 1. The lowest BCUT2D eigenvalue weighted by Crippen LogP contribution is -2.59. The summed E-state index contributed by atoms with van der Waals surface area (Å²) in [4.78, 5) is 35.1. The van der Waals surface area contributed by atoms with Gasteiger partial charge in [0.25, 0.3) is 5.91 Å². The molecular formula is C22H23N5O2. The molecule has 2 amide bonds. The van der Waals surface area contributed by atoms with Gasteiger partial charge in [0.05, 0.1) is 18.2 Å². The van der Waals surface area contributed by atoms with Crippen LogP contribution in [0.25, 0.3) is 6.08 Å². The molecule has 3 aliphatic rings. The summed E-state index contributed by atoms with van der Waals surface area (Å²) < 4.78 is 0. The van der Waals surface area contributed by atoms with E-state index in [0.29, 0.717) is 12.1 Å². The largest absolute Gasteiger partial charge is 0.364 e. The normalized spacial score (nSPS) is 29.2. The van der Waals surface area contributed by atoms with Crippen molar-refractivity contribution in [1.82, 2.24) is 20.2 Å². The van der Waals surface area contributed by atoms with Crippen molar-refractivity contribution < 1.29 is 9.59 Å². The molecule has 0 bridgehead atoms. The Labute approximate surface area is 168 Å². The number of nitrogens with zero attached hydrogens (tertiary/aromatic N) is 2. The van der Waals surface area contributed by atoms with Gasteiger partial charge in [-0.25, -0.2) is 4.98 Å². The van der Waals surface area contributed by atoms with Crippen LogP contribution in [0.2, 0.25) is 0 Å². The molecule has 0 radical (unpaired) electrons. The minimum atomic E-state index is -0.536. The van der Waals surface area contributed by atoms with Crippen LogP contribution >= 0.6 is 0 Å². The van der Waals surface area contributed by atoms with Gasteiger partial charge in [0.15, 0.2) is 0 Å². The van der Waals surface area contributed by atoms with Gasteiger partial charge in [-0.2, -0.15) is 0 Å².